The number of rotatable bonds is 7. The van der Waals surface area contributed by atoms with E-state index >= 15 is 0 Å². The van der Waals surface area contributed by atoms with Crippen molar-refractivity contribution in [3.8, 4) is 0 Å². The SMILES string of the molecule is C[C@@H](NC(=O)c1ccccc1NC(=O)c1cc(S(=O)(=O)N2CCOCC2)ccc1Cl)c1ccccc1. The summed E-state index contributed by atoms with van der Waals surface area (Å²) in [5.74, 6) is -0.993. The fourth-order valence-corrected chi connectivity index (χ4v) is 5.49. The van der Waals surface area contributed by atoms with Crippen molar-refractivity contribution < 1.29 is 22.7 Å². The summed E-state index contributed by atoms with van der Waals surface area (Å²) in [6.07, 6.45) is 0. The highest BCUT2D eigenvalue weighted by Gasteiger charge is 2.28. The molecule has 1 fully saturated rings. The van der Waals surface area contributed by atoms with Crippen LogP contribution in [0.3, 0.4) is 0 Å². The van der Waals surface area contributed by atoms with Gasteiger partial charge in [-0.15, -0.1) is 0 Å². The number of nitrogens with zero attached hydrogens (tertiary/aromatic N) is 1. The molecular formula is C26H26ClN3O5S. The van der Waals surface area contributed by atoms with Crippen LogP contribution in [0.4, 0.5) is 5.69 Å². The first-order valence-corrected chi connectivity index (χ1v) is 13.2. The first-order valence-electron chi connectivity index (χ1n) is 11.4. The second kappa shape index (κ2) is 11.2. The zero-order valence-electron chi connectivity index (χ0n) is 19.6. The van der Waals surface area contributed by atoms with Crippen molar-refractivity contribution in [3.63, 3.8) is 0 Å². The Hall–Kier alpha value is -3.24. The van der Waals surface area contributed by atoms with E-state index in [1.54, 1.807) is 24.3 Å². The van der Waals surface area contributed by atoms with Crippen LogP contribution in [-0.4, -0.2) is 50.8 Å². The molecule has 1 saturated heterocycles. The lowest BCUT2D eigenvalue weighted by molar-refractivity contribution is 0.0730. The molecule has 1 atom stereocenters. The minimum Gasteiger partial charge on any atom is -0.379 e. The van der Waals surface area contributed by atoms with Crippen LogP contribution in [0.1, 0.15) is 39.2 Å². The third-order valence-electron chi connectivity index (χ3n) is 5.86. The van der Waals surface area contributed by atoms with Crippen LogP contribution in [-0.2, 0) is 14.8 Å². The van der Waals surface area contributed by atoms with Crippen molar-refractivity contribution in [1.82, 2.24) is 9.62 Å². The molecule has 10 heteroatoms. The molecule has 0 spiro atoms. The summed E-state index contributed by atoms with van der Waals surface area (Å²) in [4.78, 5) is 26.1. The standard InChI is InChI=1S/C26H26ClN3O5S/c1-18(19-7-3-2-4-8-19)28-25(31)21-9-5-6-10-24(21)29-26(32)22-17-20(11-12-23(22)27)36(33,34)30-13-15-35-16-14-30/h2-12,17-18H,13-16H2,1H3,(H,28,31)(H,29,32)/t18-/m1/s1. The van der Waals surface area contributed by atoms with E-state index in [9.17, 15) is 18.0 Å². The third kappa shape index (κ3) is 5.76. The zero-order chi connectivity index (χ0) is 25.7. The van der Waals surface area contributed by atoms with Crippen molar-refractivity contribution in [1.29, 1.82) is 0 Å². The van der Waals surface area contributed by atoms with E-state index in [4.69, 9.17) is 16.3 Å². The maximum Gasteiger partial charge on any atom is 0.257 e. The number of nitrogens with one attached hydrogen (secondary N) is 2. The lowest BCUT2D eigenvalue weighted by Gasteiger charge is -2.26. The largest absolute Gasteiger partial charge is 0.379 e. The summed E-state index contributed by atoms with van der Waals surface area (Å²) in [5, 5.41) is 5.73. The van der Waals surface area contributed by atoms with E-state index in [-0.39, 0.29) is 51.8 Å². The number of benzene rings is 3. The highest BCUT2D eigenvalue weighted by Crippen LogP contribution is 2.26. The Morgan fingerprint density at radius 2 is 1.58 bits per heavy atom. The fourth-order valence-electron chi connectivity index (χ4n) is 3.85. The van der Waals surface area contributed by atoms with Gasteiger partial charge in [-0.1, -0.05) is 54.1 Å². The van der Waals surface area contributed by atoms with Crippen LogP contribution < -0.4 is 10.6 Å². The molecule has 1 aliphatic rings. The van der Waals surface area contributed by atoms with Crippen molar-refractivity contribution in [2.45, 2.75) is 17.9 Å². The monoisotopic (exact) mass is 527 g/mol. The van der Waals surface area contributed by atoms with Gasteiger partial charge in [-0.2, -0.15) is 4.31 Å². The zero-order valence-corrected chi connectivity index (χ0v) is 21.2. The molecular weight excluding hydrogens is 502 g/mol. The Kier molecular flexibility index (Phi) is 8.05. The number of hydrogen-bond acceptors (Lipinski definition) is 5. The van der Waals surface area contributed by atoms with Gasteiger partial charge >= 0.3 is 0 Å². The Labute approximate surface area is 215 Å². The fraction of sp³-hybridized carbons (Fsp3) is 0.231. The summed E-state index contributed by atoms with van der Waals surface area (Å²) in [5.41, 5.74) is 1.47. The lowest BCUT2D eigenvalue weighted by Crippen LogP contribution is -2.40. The number of para-hydroxylation sites is 1. The van der Waals surface area contributed by atoms with Gasteiger partial charge in [0.2, 0.25) is 10.0 Å². The Morgan fingerprint density at radius 1 is 0.917 bits per heavy atom. The highest BCUT2D eigenvalue weighted by atomic mass is 35.5. The van der Waals surface area contributed by atoms with Crippen molar-refractivity contribution in [2.75, 3.05) is 31.6 Å². The van der Waals surface area contributed by atoms with Gasteiger partial charge in [-0.25, -0.2) is 8.42 Å². The van der Waals surface area contributed by atoms with E-state index in [2.05, 4.69) is 10.6 Å². The summed E-state index contributed by atoms with van der Waals surface area (Å²) in [7, 11) is -3.82. The summed E-state index contributed by atoms with van der Waals surface area (Å²) in [6, 6.07) is 19.8. The van der Waals surface area contributed by atoms with Crippen LogP contribution in [0.2, 0.25) is 5.02 Å². The number of anilines is 1. The van der Waals surface area contributed by atoms with Crippen molar-refractivity contribution >= 4 is 39.1 Å². The van der Waals surface area contributed by atoms with Gasteiger partial charge in [0.05, 0.1) is 46.0 Å². The lowest BCUT2D eigenvalue weighted by atomic mass is 10.1. The van der Waals surface area contributed by atoms with Gasteiger partial charge in [-0.05, 0) is 42.8 Å². The number of sulfonamides is 1. The number of hydrogen-bond donors (Lipinski definition) is 2. The molecule has 2 N–H and O–H groups in total. The average molecular weight is 528 g/mol. The van der Waals surface area contributed by atoms with Crippen LogP contribution in [0, 0.1) is 0 Å². The minimum absolute atomic E-state index is 0.0149. The van der Waals surface area contributed by atoms with Crippen LogP contribution in [0.25, 0.3) is 0 Å². The first kappa shape index (κ1) is 25.8. The molecule has 8 nitrogen and oxygen atoms in total. The van der Waals surface area contributed by atoms with Crippen LogP contribution in [0.5, 0.6) is 0 Å². The van der Waals surface area contributed by atoms with E-state index in [1.807, 2.05) is 37.3 Å². The molecule has 1 aliphatic heterocycles. The topological polar surface area (TPSA) is 105 Å². The number of amides is 2. The van der Waals surface area contributed by atoms with Gasteiger partial charge < -0.3 is 15.4 Å². The molecule has 36 heavy (non-hydrogen) atoms. The van der Waals surface area contributed by atoms with E-state index in [0.717, 1.165) is 5.56 Å². The summed E-state index contributed by atoms with van der Waals surface area (Å²) >= 11 is 6.26. The number of morpholine rings is 1. The normalized spacial score (nSPS) is 15.2. The van der Waals surface area contributed by atoms with Crippen LogP contribution in [0.15, 0.2) is 77.7 Å². The molecule has 0 unspecified atom stereocenters. The smallest absolute Gasteiger partial charge is 0.257 e. The quantitative estimate of drug-likeness (QED) is 0.481. The molecule has 0 aromatic heterocycles. The number of carbonyl (C=O) groups excluding carboxylic acids is 2. The summed E-state index contributed by atoms with van der Waals surface area (Å²) in [6.45, 7) is 2.95. The molecule has 1 heterocycles. The number of halogens is 1. The predicted octanol–water partition coefficient (Wildman–Crippen LogP) is 4.10. The maximum atomic E-state index is 13.2. The Morgan fingerprint density at radius 3 is 2.31 bits per heavy atom. The molecule has 188 valence electrons. The number of ether oxygens (including phenoxy) is 1. The van der Waals surface area contributed by atoms with Gasteiger partial charge in [-0.3, -0.25) is 9.59 Å². The van der Waals surface area contributed by atoms with Gasteiger partial charge in [0.25, 0.3) is 11.8 Å². The van der Waals surface area contributed by atoms with E-state index in [0.29, 0.717) is 13.2 Å². The highest BCUT2D eigenvalue weighted by molar-refractivity contribution is 7.89. The maximum absolute atomic E-state index is 13.2. The Bertz CT molecular complexity index is 1360. The molecule has 3 aromatic rings. The predicted molar refractivity (Wildman–Crippen MR) is 138 cm³/mol. The van der Waals surface area contributed by atoms with E-state index in [1.165, 1.54) is 22.5 Å². The van der Waals surface area contributed by atoms with E-state index < -0.39 is 15.9 Å². The first-order chi connectivity index (χ1) is 17.3. The van der Waals surface area contributed by atoms with Gasteiger partial charge in [0, 0.05) is 13.1 Å². The average Bonchev–Trinajstić information content (AvgIpc) is 2.90. The van der Waals surface area contributed by atoms with Crippen LogP contribution >= 0.6 is 11.6 Å². The molecule has 3 aromatic carbocycles. The molecule has 0 saturated carbocycles. The molecule has 2 amide bonds. The van der Waals surface area contributed by atoms with Crippen molar-refractivity contribution in [3.05, 3.63) is 94.5 Å². The number of carbonyl (C=O) groups is 2. The van der Waals surface area contributed by atoms with Gasteiger partial charge in [0.1, 0.15) is 0 Å². The summed E-state index contributed by atoms with van der Waals surface area (Å²) < 4.78 is 32.6. The second-order valence-electron chi connectivity index (χ2n) is 8.26. The van der Waals surface area contributed by atoms with Crippen molar-refractivity contribution in [2.24, 2.45) is 0 Å². The minimum atomic E-state index is -3.82. The molecule has 0 aliphatic carbocycles. The third-order valence-corrected chi connectivity index (χ3v) is 8.08. The van der Waals surface area contributed by atoms with Gasteiger partial charge in [0.15, 0.2) is 0 Å². The Balaban J connectivity index is 1.55. The molecule has 4 rings (SSSR count). The second-order valence-corrected chi connectivity index (χ2v) is 10.6. The molecule has 0 bridgehead atoms. The molecule has 0 radical (unpaired) electrons.